The van der Waals surface area contributed by atoms with E-state index in [0.29, 0.717) is 18.8 Å². The summed E-state index contributed by atoms with van der Waals surface area (Å²) in [5.74, 6) is 0.777. The van der Waals surface area contributed by atoms with Crippen LogP contribution in [0.15, 0.2) is 36.9 Å². The van der Waals surface area contributed by atoms with E-state index in [1.165, 1.54) is 0 Å². The van der Waals surface area contributed by atoms with E-state index in [0.717, 1.165) is 44.0 Å². The Balaban J connectivity index is 1.39. The summed E-state index contributed by atoms with van der Waals surface area (Å²) in [6.07, 6.45) is 8.50. The van der Waals surface area contributed by atoms with Gasteiger partial charge in [0.1, 0.15) is 11.5 Å². The molecule has 9 heteroatoms. The number of piperidine rings is 1. The summed E-state index contributed by atoms with van der Waals surface area (Å²) in [7, 11) is 1.84. The Labute approximate surface area is 169 Å². The lowest BCUT2D eigenvalue weighted by molar-refractivity contribution is -0.120. The SMILES string of the molecule is CN(C(=O)c1cc(N2CCNC(=O)C2)ccn1)C1CCN(c2cnccn2)CC1. The van der Waals surface area contributed by atoms with Gasteiger partial charge in [-0.15, -0.1) is 0 Å². The van der Waals surface area contributed by atoms with Gasteiger partial charge >= 0.3 is 0 Å². The second-order valence-corrected chi connectivity index (χ2v) is 7.37. The summed E-state index contributed by atoms with van der Waals surface area (Å²) in [6, 6.07) is 3.78. The first-order valence-electron chi connectivity index (χ1n) is 9.87. The minimum Gasteiger partial charge on any atom is -0.360 e. The molecule has 2 saturated heterocycles. The van der Waals surface area contributed by atoms with Gasteiger partial charge in [-0.1, -0.05) is 0 Å². The van der Waals surface area contributed by atoms with Gasteiger partial charge in [0.25, 0.3) is 5.91 Å². The number of hydrogen-bond acceptors (Lipinski definition) is 7. The van der Waals surface area contributed by atoms with Crippen molar-refractivity contribution in [2.75, 3.05) is 49.6 Å². The van der Waals surface area contributed by atoms with Crippen LogP contribution in [0.3, 0.4) is 0 Å². The number of aromatic nitrogens is 3. The molecule has 2 amide bonds. The van der Waals surface area contributed by atoms with E-state index in [2.05, 4.69) is 25.2 Å². The molecule has 0 aliphatic carbocycles. The third-order valence-corrected chi connectivity index (χ3v) is 5.57. The van der Waals surface area contributed by atoms with Gasteiger partial charge in [-0.2, -0.15) is 0 Å². The zero-order valence-electron chi connectivity index (χ0n) is 16.5. The van der Waals surface area contributed by atoms with Crippen molar-refractivity contribution in [1.82, 2.24) is 25.2 Å². The first kappa shape index (κ1) is 19.1. The van der Waals surface area contributed by atoms with Crippen LogP contribution in [0.25, 0.3) is 0 Å². The highest BCUT2D eigenvalue weighted by Gasteiger charge is 2.27. The molecule has 29 heavy (non-hydrogen) atoms. The molecule has 0 unspecified atom stereocenters. The van der Waals surface area contributed by atoms with Gasteiger partial charge in [0.15, 0.2) is 0 Å². The smallest absolute Gasteiger partial charge is 0.272 e. The lowest BCUT2D eigenvalue weighted by Crippen LogP contribution is -2.48. The summed E-state index contributed by atoms with van der Waals surface area (Å²) in [5.41, 5.74) is 1.26. The van der Waals surface area contributed by atoms with Crippen LogP contribution in [0.2, 0.25) is 0 Å². The van der Waals surface area contributed by atoms with Crippen LogP contribution in [0.5, 0.6) is 0 Å². The minimum absolute atomic E-state index is 0.00655. The quantitative estimate of drug-likeness (QED) is 0.808. The van der Waals surface area contributed by atoms with Gasteiger partial charge in [0.2, 0.25) is 5.91 Å². The maximum Gasteiger partial charge on any atom is 0.272 e. The number of hydrogen-bond donors (Lipinski definition) is 1. The molecule has 2 aromatic heterocycles. The number of carbonyl (C=O) groups excluding carboxylic acids is 2. The number of piperazine rings is 1. The second-order valence-electron chi connectivity index (χ2n) is 7.37. The molecule has 0 bridgehead atoms. The van der Waals surface area contributed by atoms with Crippen molar-refractivity contribution >= 4 is 23.3 Å². The number of rotatable bonds is 4. The van der Waals surface area contributed by atoms with Crippen LogP contribution >= 0.6 is 0 Å². The Morgan fingerprint density at radius 3 is 2.69 bits per heavy atom. The van der Waals surface area contributed by atoms with Crippen molar-refractivity contribution in [2.24, 2.45) is 0 Å². The number of amides is 2. The summed E-state index contributed by atoms with van der Waals surface area (Å²) in [6.45, 7) is 3.29. The van der Waals surface area contributed by atoms with E-state index >= 15 is 0 Å². The summed E-state index contributed by atoms with van der Waals surface area (Å²) >= 11 is 0. The van der Waals surface area contributed by atoms with E-state index in [1.54, 1.807) is 35.8 Å². The highest BCUT2D eigenvalue weighted by atomic mass is 16.2. The zero-order chi connectivity index (χ0) is 20.2. The fourth-order valence-corrected chi connectivity index (χ4v) is 3.88. The topological polar surface area (TPSA) is 94.6 Å². The predicted molar refractivity (Wildman–Crippen MR) is 109 cm³/mol. The van der Waals surface area contributed by atoms with Crippen molar-refractivity contribution < 1.29 is 9.59 Å². The van der Waals surface area contributed by atoms with Crippen LogP contribution in [0.1, 0.15) is 23.3 Å². The standard InChI is InChI=1S/C20H25N7O2/c1-25(15-3-9-26(10-4-15)18-13-21-6-7-23-18)20(29)17-12-16(2-5-22-17)27-11-8-24-19(28)14-27/h2,5-7,12-13,15H,3-4,8-11,14H2,1H3,(H,24,28). The van der Waals surface area contributed by atoms with Crippen molar-refractivity contribution in [3.8, 4) is 0 Å². The van der Waals surface area contributed by atoms with Crippen LogP contribution in [-0.4, -0.2) is 77.5 Å². The first-order chi connectivity index (χ1) is 14.1. The molecule has 0 spiro atoms. The largest absolute Gasteiger partial charge is 0.360 e. The summed E-state index contributed by atoms with van der Waals surface area (Å²) in [4.78, 5) is 43.4. The van der Waals surface area contributed by atoms with Crippen molar-refractivity contribution in [2.45, 2.75) is 18.9 Å². The van der Waals surface area contributed by atoms with Gasteiger partial charge in [-0.05, 0) is 25.0 Å². The Bertz CT molecular complexity index is 868. The summed E-state index contributed by atoms with van der Waals surface area (Å²) in [5, 5.41) is 2.81. The second kappa shape index (κ2) is 8.42. The van der Waals surface area contributed by atoms with Crippen molar-refractivity contribution in [3.05, 3.63) is 42.6 Å². The van der Waals surface area contributed by atoms with Crippen LogP contribution in [0, 0.1) is 0 Å². The van der Waals surface area contributed by atoms with E-state index in [4.69, 9.17) is 0 Å². The lowest BCUT2D eigenvalue weighted by Gasteiger charge is -2.37. The maximum atomic E-state index is 13.0. The van der Waals surface area contributed by atoms with Crippen molar-refractivity contribution in [1.29, 1.82) is 0 Å². The van der Waals surface area contributed by atoms with Gasteiger partial charge in [-0.25, -0.2) is 4.98 Å². The third kappa shape index (κ3) is 4.28. The maximum absolute atomic E-state index is 13.0. The van der Waals surface area contributed by atoms with E-state index in [9.17, 15) is 9.59 Å². The number of nitrogens with zero attached hydrogens (tertiary/aromatic N) is 6. The average Bonchev–Trinajstić information content (AvgIpc) is 2.79. The molecule has 0 saturated carbocycles. The van der Waals surface area contributed by atoms with Gasteiger partial charge in [-0.3, -0.25) is 19.6 Å². The number of pyridine rings is 1. The average molecular weight is 395 g/mol. The van der Waals surface area contributed by atoms with Crippen LogP contribution < -0.4 is 15.1 Å². The normalized spacial score (nSPS) is 17.8. The monoisotopic (exact) mass is 395 g/mol. The zero-order valence-corrected chi connectivity index (χ0v) is 16.5. The van der Waals surface area contributed by atoms with Crippen LogP contribution in [-0.2, 0) is 4.79 Å². The Hall–Kier alpha value is -3.23. The molecular weight excluding hydrogens is 370 g/mol. The molecule has 4 heterocycles. The van der Waals surface area contributed by atoms with E-state index < -0.39 is 0 Å². The van der Waals surface area contributed by atoms with Crippen molar-refractivity contribution in [3.63, 3.8) is 0 Å². The Morgan fingerprint density at radius 1 is 1.14 bits per heavy atom. The molecule has 2 aromatic rings. The number of carbonyl (C=O) groups is 2. The molecule has 2 fully saturated rings. The van der Waals surface area contributed by atoms with Crippen LogP contribution in [0.4, 0.5) is 11.5 Å². The number of nitrogens with one attached hydrogen (secondary N) is 1. The molecule has 2 aliphatic rings. The molecule has 4 rings (SSSR count). The van der Waals surface area contributed by atoms with E-state index in [-0.39, 0.29) is 17.9 Å². The van der Waals surface area contributed by atoms with Gasteiger partial charge in [0, 0.05) is 63.5 Å². The number of anilines is 2. The summed E-state index contributed by atoms with van der Waals surface area (Å²) < 4.78 is 0. The molecule has 152 valence electrons. The fourth-order valence-electron chi connectivity index (χ4n) is 3.88. The molecule has 0 radical (unpaired) electrons. The minimum atomic E-state index is -0.0914. The fraction of sp³-hybridized carbons (Fsp3) is 0.450. The molecule has 2 aliphatic heterocycles. The highest BCUT2D eigenvalue weighted by molar-refractivity contribution is 5.93. The third-order valence-electron chi connectivity index (χ3n) is 5.57. The highest BCUT2D eigenvalue weighted by Crippen LogP contribution is 2.22. The first-order valence-corrected chi connectivity index (χ1v) is 9.87. The molecule has 0 aromatic carbocycles. The van der Waals surface area contributed by atoms with E-state index in [1.807, 2.05) is 18.0 Å². The molecule has 9 nitrogen and oxygen atoms in total. The predicted octanol–water partition coefficient (Wildman–Crippen LogP) is 0.549. The molecule has 0 atom stereocenters. The van der Waals surface area contributed by atoms with Gasteiger partial charge < -0.3 is 20.0 Å². The Kier molecular flexibility index (Phi) is 5.55. The molecular formula is C20H25N7O2. The lowest BCUT2D eigenvalue weighted by atomic mass is 10.0. The molecule has 1 N–H and O–H groups in total. The van der Waals surface area contributed by atoms with Gasteiger partial charge in [0.05, 0.1) is 12.7 Å². The Morgan fingerprint density at radius 2 is 1.97 bits per heavy atom.